The summed E-state index contributed by atoms with van der Waals surface area (Å²) in [6, 6.07) is 6.35. The van der Waals surface area contributed by atoms with Crippen molar-refractivity contribution >= 4 is 23.5 Å². The highest BCUT2D eigenvalue weighted by Crippen LogP contribution is 2.26. The lowest BCUT2D eigenvalue weighted by atomic mass is 10.1. The lowest BCUT2D eigenvalue weighted by molar-refractivity contribution is 0.195. The van der Waals surface area contributed by atoms with Crippen molar-refractivity contribution in [3.05, 3.63) is 24.3 Å². The van der Waals surface area contributed by atoms with Gasteiger partial charge in [-0.25, -0.2) is 9.59 Å². The average Bonchev–Trinajstić information content (AvgIpc) is 2.26. The average molecular weight is 265 g/mol. The van der Waals surface area contributed by atoms with Crippen LogP contribution < -0.4 is 15.5 Å². The van der Waals surface area contributed by atoms with Gasteiger partial charge in [-0.15, -0.1) is 0 Å². The molecular weight excluding hydrogens is 246 g/mol. The number of hydrogen-bond donors (Lipinski definition) is 3. The van der Waals surface area contributed by atoms with E-state index >= 15 is 0 Å². The van der Waals surface area contributed by atoms with Gasteiger partial charge in [0.15, 0.2) is 0 Å². The number of anilines is 2. The van der Waals surface area contributed by atoms with E-state index in [9.17, 15) is 14.7 Å². The number of nitrogens with zero attached hydrogens (tertiary/aromatic N) is 1. The maximum Gasteiger partial charge on any atom is 0.412 e. The Morgan fingerprint density at radius 3 is 2.37 bits per heavy atom. The zero-order valence-corrected chi connectivity index (χ0v) is 11.5. The highest BCUT2D eigenvalue weighted by Gasteiger charge is 2.27. The van der Waals surface area contributed by atoms with Crippen LogP contribution in [-0.2, 0) is 0 Å². The molecule has 0 aromatic heterocycles. The maximum atomic E-state index is 11.4. The minimum Gasteiger partial charge on any atom is -0.465 e. The minimum absolute atomic E-state index is 0.352. The van der Waals surface area contributed by atoms with Gasteiger partial charge in [-0.2, -0.15) is 0 Å². The maximum absolute atomic E-state index is 11.4. The summed E-state index contributed by atoms with van der Waals surface area (Å²) in [5.41, 5.74) is 0.471. The van der Waals surface area contributed by atoms with Gasteiger partial charge in [-0.3, -0.25) is 4.90 Å². The van der Waals surface area contributed by atoms with Gasteiger partial charge in [0.1, 0.15) is 0 Å². The molecule has 0 atom stereocenters. The topological polar surface area (TPSA) is 81.7 Å². The fourth-order valence-electron chi connectivity index (χ4n) is 1.70. The second-order valence-corrected chi connectivity index (χ2v) is 5.04. The molecule has 6 nitrogen and oxygen atoms in total. The zero-order chi connectivity index (χ0) is 14.6. The number of nitrogens with one attached hydrogen (secondary N) is 2. The van der Waals surface area contributed by atoms with Gasteiger partial charge in [0.2, 0.25) is 0 Å². The molecule has 104 valence electrons. The number of carboxylic acid groups (broad SMARTS) is 1. The molecule has 0 saturated carbocycles. The van der Waals surface area contributed by atoms with E-state index in [0.717, 1.165) is 0 Å². The number of benzene rings is 1. The first kappa shape index (κ1) is 14.8. The molecule has 0 aliphatic rings. The Hall–Kier alpha value is -2.24. The van der Waals surface area contributed by atoms with Crippen molar-refractivity contribution in [3.63, 3.8) is 0 Å². The first-order valence-corrected chi connectivity index (χ1v) is 5.87. The third-order valence-electron chi connectivity index (χ3n) is 2.45. The second-order valence-electron chi connectivity index (χ2n) is 5.04. The Morgan fingerprint density at radius 2 is 1.89 bits per heavy atom. The summed E-state index contributed by atoms with van der Waals surface area (Å²) >= 11 is 0. The molecule has 3 amide bonds. The first-order chi connectivity index (χ1) is 8.75. The smallest absolute Gasteiger partial charge is 0.412 e. The highest BCUT2D eigenvalue weighted by atomic mass is 16.4. The van der Waals surface area contributed by atoms with Gasteiger partial charge < -0.3 is 15.7 Å². The quantitative estimate of drug-likeness (QED) is 0.769. The fourth-order valence-corrected chi connectivity index (χ4v) is 1.70. The standard InChI is InChI=1S/C13H19N3O3/c1-13(2,3)16(12(18)19)10-7-5-6-9(8-10)15-11(17)14-4/h5-8H,1-4H3,(H,18,19)(H2,14,15,17). The summed E-state index contributed by atoms with van der Waals surface area (Å²) < 4.78 is 0. The SMILES string of the molecule is CNC(=O)Nc1cccc(N(C(=O)O)C(C)(C)C)c1. The van der Waals surface area contributed by atoms with Crippen molar-refractivity contribution in [1.82, 2.24) is 5.32 Å². The van der Waals surface area contributed by atoms with Crippen LogP contribution in [0, 0.1) is 0 Å². The van der Waals surface area contributed by atoms with Crippen LogP contribution in [0.3, 0.4) is 0 Å². The fraction of sp³-hybridized carbons (Fsp3) is 0.385. The Bertz CT molecular complexity index is 480. The van der Waals surface area contributed by atoms with Crippen LogP contribution in [0.1, 0.15) is 20.8 Å². The van der Waals surface area contributed by atoms with Crippen LogP contribution in [0.5, 0.6) is 0 Å². The van der Waals surface area contributed by atoms with E-state index in [2.05, 4.69) is 10.6 Å². The lowest BCUT2D eigenvalue weighted by Crippen LogP contribution is -2.45. The van der Waals surface area contributed by atoms with Gasteiger partial charge in [0.05, 0.1) is 0 Å². The predicted octanol–water partition coefficient (Wildman–Crippen LogP) is 2.72. The summed E-state index contributed by atoms with van der Waals surface area (Å²) in [4.78, 5) is 23.9. The number of carbonyl (C=O) groups is 2. The lowest BCUT2D eigenvalue weighted by Gasteiger charge is -2.33. The molecule has 0 aliphatic heterocycles. The number of urea groups is 1. The third kappa shape index (κ3) is 3.87. The Labute approximate surface area is 112 Å². The van der Waals surface area contributed by atoms with Crippen molar-refractivity contribution in [3.8, 4) is 0 Å². The van der Waals surface area contributed by atoms with Crippen molar-refractivity contribution in [2.75, 3.05) is 17.3 Å². The molecule has 0 spiro atoms. The molecule has 0 aliphatic carbocycles. The molecule has 6 heteroatoms. The molecule has 1 aromatic carbocycles. The van der Waals surface area contributed by atoms with Gasteiger partial charge in [0.25, 0.3) is 0 Å². The van der Waals surface area contributed by atoms with Gasteiger partial charge in [-0.05, 0) is 39.0 Å². The molecular formula is C13H19N3O3. The first-order valence-electron chi connectivity index (χ1n) is 5.87. The number of hydrogen-bond acceptors (Lipinski definition) is 2. The van der Waals surface area contributed by atoms with Crippen LogP contribution in [0.25, 0.3) is 0 Å². The summed E-state index contributed by atoms with van der Waals surface area (Å²) in [5, 5.41) is 14.4. The molecule has 0 saturated heterocycles. The van der Waals surface area contributed by atoms with E-state index in [1.165, 1.54) is 11.9 Å². The van der Waals surface area contributed by atoms with Crippen molar-refractivity contribution < 1.29 is 14.7 Å². The molecule has 1 rings (SSSR count). The summed E-state index contributed by atoms with van der Waals surface area (Å²) in [6.07, 6.45) is -1.04. The Balaban J connectivity index is 3.09. The van der Waals surface area contributed by atoms with E-state index in [-0.39, 0.29) is 6.03 Å². The van der Waals surface area contributed by atoms with Crippen LogP contribution in [0.2, 0.25) is 0 Å². The summed E-state index contributed by atoms with van der Waals surface area (Å²) in [5.74, 6) is 0. The minimum atomic E-state index is -1.04. The van der Waals surface area contributed by atoms with E-state index < -0.39 is 11.6 Å². The van der Waals surface area contributed by atoms with E-state index in [0.29, 0.717) is 11.4 Å². The second kappa shape index (κ2) is 5.60. The molecule has 1 aromatic rings. The van der Waals surface area contributed by atoms with E-state index in [4.69, 9.17) is 0 Å². The molecule has 3 N–H and O–H groups in total. The number of rotatable bonds is 2. The van der Waals surface area contributed by atoms with E-state index in [1.54, 1.807) is 45.0 Å². The van der Waals surface area contributed by atoms with Gasteiger partial charge in [-0.1, -0.05) is 6.07 Å². The monoisotopic (exact) mass is 265 g/mol. The van der Waals surface area contributed by atoms with Crippen LogP contribution >= 0.6 is 0 Å². The normalized spacial score (nSPS) is 10.7. The number of carbonyl (C=O) groups excluding carboxylic acids is 1. The predicted molar refractivity (Wildman–Crippen MR) is 74.8 cm³/mol. The van der Waals surface area contributed by atoms with E-state index in [1.807, 2.05) is 0 Å². The molecule has 0 unspecified atom stereocenters. The molecule has 0 fully saturated rings. The Morgan fingerprint density at radius 1 is 1.26 bits per heavy atom. The summed E-state index contributed by atoms with van der Waals surface area (Å²) in [6.45, 7) is 5.42. The van der Waals surface area contributed by atoms with Crippen LogP contribution in [-0.4, -0.2) is 29.8 Å². The molecule has 0 bridgehead atoms. The molecule has 19 heavy (non-hydrogen) atoms. The van der Waals surface area contributed by atoms with Gasteiger partial charge >= 0.3 is 12.1 Å². The van der Waals surface area contributed by atoms with Crippen molar-refractivity contribution in [1.29, 1.82) is 0 Å². The largest absolute Gasteiger partial charge is 0.465 e. The van der Waals surface area contributed by atoms with Crippen molar-refractivity contribution in [2.45, 2.75) is 26.3 Å². The third-order valence-corrected chi connectivity index (χ3v) is 2.45. The Kier molecular flexibility index (Phi) is 4.37. The van der Waals surface area contributed by atoms with Crippen LogP contribution in [0.4, 0.5) is 21.0 Å². The van der Waals surface area contributed by atoms with Crippen molar-refractivity contribution in [2.24, 2.45) is 0 Å². The molecule has 0 radical (unpaired) electrons. The van der Waals surface area contributed by atoms with Gasteiger partial charge in [0, 0.05) is 24.0 Å². The summed E-state index contributed by atoms with van der Waals surface area (Å²) in [7, 11) is 1.51. The van der Waals surface area contributed by atoms with Crippen LogP contribution in [0.15, 0.2) is 24.3 Å². The number of amides is 3. The molecule has 0 heterocycles. The highest BCUT2D eigenvalue weighted by molar-refractivity contribution is 5.92. The zero-order valence-electron chi connectivity index (χ0n) is 11.5.